The van der Waals surface area contributed by atoms with Gasteiger partial charge in [0.15, 0.2) is 17.0 Å². The van der Waals surface area contributed by atoms with Crippen molar-refractivity contribution in [2.45, 2.75) is 109 Å². The van der Waals surface area contributed by atoms with Gasteiger partial charge < -0.3 is 64.2 Å². The number of hydrogen-bond acceptors (Lipinski definition) is 22. The highest BCUT2D eigenvalue weighted by molar-refractivity contribution is 5.97. The number of nitrogens with zero attached hydrogens (tertiary/aromatic N) is 8. The fourth-order valence-corrected chi connectivity index (χ4v) is 7.16. The molecule has 1 aromatic carbocycles. The van der Waals surface area contributed by atoms with Gasteiger partial charge in [-0.05, 0) is 69.2 Å². The highest BCUT2D eigenvalue weighted by Gasteiger charge is 2.30. The molecule has 428 valence electrons. The Morgan fingerprint density at radius 3 is 1.67 bits per heavy atom. The number of amides is 9. The Kier molecular flexibility index (Phi) is 25.8. The van der Waals surface area contributed by atoms with Crippen LogP contribution in [-0.4, -0.2) is 197 Å². The Hall–Kier alpha value is -8.46. The van der Waals surface area contributed by atoms with E-state index in [1.54, 1.807) is 24.1 Å². The second kappa shape index (κ2) is 31.6. The fourth-order valence-electron chi connectivity index (χ4n) is 7.16. The third-order valence-corrected chi connectivity index (χ3v) is 11.6. The minimum atomic E-state index is -1.54. The zero-order valence-electron chi connectivity index (χ0n) is 43.5. The number of hydroxylamine groups is 6. The van der Waals surface area contributed by atoms with Gasteiger partial charge in [-0.25, -0.2) is 30.0 Å². The van der Waals surface area contributed by atoms with E-state index in [0.717, 1.165) is 20.8 Å². The van der Waals surface area contributed by atoms with E-state index in [1.807, 2.05) is 0 Å². The van der Waals surface area contributed by atoms with Crippen molar-refractivity contribution in [2.75, 3.05) is 62.7 Å². The Bertz CT molecular complexity index is 2600. The highest BCUT2D eigenvalue weighted by atomic mass is 16.5. The van der Waals surface area contributed by atoms with E-state index in [2.05, 4.69) is 51.8 Å². The van der Waals surface area contributed by atoms with E-state index < -0.39 is 109 Å². The summed E-state index contributed by atoms with van der Waals surface area (Å²) in [6, 6.07) is -0.891. The van der Waals surface area contributed by atoms with Crippen LogP contribution in [0.5, 0.6) is 0 Å². The van der Waals surface area contributed by atoms with Crippen LogP contribution in [0.25, 0.3) is 11.2 Å². The number of aliphatic hydroxyl groups excluding tert-OH is 1. The van der Waals surface area contributed by atoms with E-state index in [1.165, 1.54) is 18.3 Å². The Balaban J connectivity index is 1.56. The van der Waals surface area contributed by atoms with Gasteiger partial charge in [0.05, 0.1) is 31.1 Å². The van der Waals surface area contributed by atoms with E-state index in [0.29, 0.717) is 26.6 Å². The molecule has 1 unspecified atom stereocenters. The van der Waals surface area contributed by atoms with Gasteiger partial charge in [0.2, 0.25) is 53.2 Å². The maximum Gasteiger partial charge on any atom is 0.326 e. The van der Waals surface area contributed by atoms with Crippen LogP contribution in [0.4, 0.5) is 17.5 Å². The molecule has 0 radical (unpaired) electrons. The van der Waals surface area contributed by atoms with E-state index in [-0.39, 0.29) is 106 Å². The van der Waals surface area contributed by atoms with E-state index in [9.17, 15) is 73.8 Å². The summed E-state index contributed by atoms with van der Waals surface area (Å²) < 4.78 is 0. The number of carboxylic acid groups (broad SMARTS) is 1. The van der Waals surface area contributed by atoms with E-state index in [4.69, 9.17) is 17.2 Å². The fraction of sp³-hybridized carbons (Fsp3) is 0.522. The number of nitrogen functional groups attached to an aromatic ring is 2. The van der Waals surface area contributed by atoms with Crippen LogP contribution in [-0.2, 0) is 49.7 Å². The summed E-state index contributed by atoms with van der Waals surface area (Å²) in [6.07, 6.45) is 0.260. The molecule has 0 aliphatic carbocycles. The molecular weight excluding hydrogens is 1030 g/mol. The summed E-state index contributed by atoms with van der Waals surface area (Å²) >= 11 is 0. The second-order valence-corrected chi connectivity index (χ2v) is 17.8. The third kappa shape index (κ3) is 21.3. The normalized spacial score (nSPS) is 12.8. The lowest BCUT2D eigenvalue weighted by Gasteiger charge is -2.25. The number of fused-ring (bicyclic) bond motifs is 1. The molecule has 17 N–H and O–H groups in total. The van der Waals surface area contributed by atoms with Crippen molar-refractivity contribution < 1.29 is 73.8 Å². The number of carbonyl (C=O) groups excluding carboxylic acids is 9. The first-order chi connectivity index (χ1) is 36.8. The number of aliphatic carboxylic acids is 1. The first-order valence-electron chi connectivity index (χ1n) is 24.4. The molecular formula is C46H69N17O15. The standard InChI is InChI=1S/C46H69N17O15/c1-25(65)61(76)19-5-8-31(47)41(70)55-33(10-7-21-63(78)27(3)67)44(73)56-32(9-6-20-62(77)26(2)66)42(71)50-17-18-51-43(72)35(24-64)54-36(68)16-15-34(45(74)75)57-40(69)28-11-13-30(14-12-28)60(4)23-29-22-52-39-37(53-29)38(48)58-46(49)59-39/h11-14,22,31-35,64,76-78H,5-10,15-21,23-24,47H2,1-4H3,(H,50,71)(H,51,72)(H,54,68)(H,55,70)(H,56,73)(H,57,69)(H,74,75)(H4,48,49,52,58,59)/t31-,32+,33?,34-,35-/m0/s1. The molecule has 32 nitrogen and oxygen atoms in total. The molecule has 0 bridgehead atoms. The third-order valence-electron chi connectivity index (χ3n) is 11.6. The molecule has 0 aliphatic rings. The predicted octanol–water partition coefficient (Wildman–Crippen LogP) is -3.76. The van der Waals surface area contributed by atoms with Crippen molar-refractivity contribution in [2.24, 2.45) is 5.73 Å². The van der Waals surface area contributed by atoms with Crippen LogP contribution < -0.4 is 54.0 Å². The lowest BCUT2D eigenvalue weighted by molar-refractivity contribution is -0.163. The van der Waals surface area contributed by atoms with Gasteiger partial charge in [-0.15, -0.1) is 0 Å². The quantitative estimate of drug-likeness (QED) is 0.0162. The van der Waals surface area contributed by atoms with Crippen LogP contribution >= 0.6 is 0 Å². The molecule has 0 aliphatic heterocycles. The Labute approximate surface area is 446 Å². The van der Waals surface area contributed by atoms with Crippen molar-refractivity contribution >= 4 is 87.8 Å². The second-order valence-electron chi connectivity index (χ2n) is 17.8. The highest BCUT2D eigenvalue weighted by Crippen LogP contribution is 2.19. The van der Waals surface area contributed by atoms with Gasteiger partial charge in [0.25, 0.3) is 5.91 Å². The van der Waals surface area contributed by atoms with Crippen LogP contribution in [0.15, 0.2) is 30.5 Å². The van der Waals surface area contributed by atoms with Gasteiger partial charge in [0.1, 0.15) is 24.2 Å². The van der Waals surface area contributed by atoms with Crippen molar-refractivity contribution in [3.8, 4) is 0 Å². The summed E-state index contributed by atoms with van der Waals surface area (Å²) in [5.74, 6) is -8.52. The number of hydrogen-bond donors (Lipinski definition) is 14. The molecule has 2 heterocycles. The van der Waals surface area contributed by atoms with Gasteiger partial charge in [-0.3, -0.25) is 58.8 Å². The largest absolute Gasteiger partial charge is 0.480 e. The minimum Gasteiger partial charge on any atom is -0.480 e. The van der Waals surface area contributed by atoms with Crippen LogP contribution in [0.1, 0.15) is 88.2 Å². The number of aliphatic hydroxyl groups is 1. The number of carboxylic acids is 1. The monoisotopic (exact) mass is 1100 g/mol. The molecule has 2 aromatic heterocycles. The maximum absolute atomic E-state index is 13.7. The SMILES string of the molecule is CC(=O)N(O)CCCC(NC(=O)[C@@H](N)CCCN(O)C(C)=O)C(=O)N[C@H](CCCN(O)C(C)=O)C(=O)NCCNC(=O)[C@H](CO)NC(=O)CC[C@H](NC(=O)c1ccc(N(C)Cc2cnc3nc(N)nc(N)c3n2)cc1)C(=O)O. The molecule has 0 saturated carbocycles. The van der Waals surface area contributed by atoms with Gasteiger partial charge in [-0.2, -0.15) is 9.97 Å². The van der Waals surface area contributed by atoms with Gasteiger partial charge in [-0.1, -0.05) is 0 Å². The first kappa shape index (κ1) is 63.8. The van der Waals surface area contributed by atoms with Crippen molar-refractivity contribution in [3.63, 3.8) is 0 Å². The molecule has 5 atom stereocenters. The lowest BCUT2D eigenvalue weighted by atomic mass is 10.1. The Morgan fingerprint density at radius 1 is 0.628 bits per heavy atom. The zero-order chi connectivity index (χ0) is 58.2. The van der Waals surface area contributed by atoms with Crippen LogP contribution in [0, 0.1) is 0 Å². The molecule has 32 heteroatoms. The minimum absolute atomic E-state index is 0.0227. The first-order valence-corrected chi connectivity index (χ1v) is 24.4. The van der Waals surface area contributed by atoms with Crippen LogP contribution in [0.2, 0.25) is 0 Å². The summed E-state index contributed by atoms with van der Waals surface area (Å²) in [7, 11) is 1.76. The molecule has 78 heavy (non-hydrogen) atoms. The van der Waals surface area contributed by atoms with Gasteiger partial charge >= 0.3 is 5.97 Å². The molecule has 9 amide bonds. The smallest absolute Gasteiger partial charge is 0.326 e. The Morgan fingerprint density at radius 2 is 1.14 bits per heavy atom. The lowest BCUT2D eigenvalue weighted by Crippen LogP contribution is -2.56. The number of benzene rings is 1. The summed E-state index contributed by atoms with van der Waals surface area (Å²) in [5, 5.41) is 64.9. The van der Waals surface area contributed by atoms with Crippen molar-refractivity contribution in [3.05, 3.63) is 41.7 Å². The number of rotatable bonds is 32. The van der Waals surface area contributed by atoms with E-state index >= 15 is 0 Å². The molecule has 0 saturated heterocycles. The molecule has 3 rings (SSSR count). The number of nitrogens with one attached hydrogen (secondary N) is 6. The molecule has 0 spiro atoms. The predicted molar refractivity (Wildman–Crippen MR) is 273 cm³/mol. The average Bonchev–Trinajstić information content (AvgIpc) is 3.40. The number of nitrogens with two attached hydrogens (primary N) is 3. The zero-order valence-corrected chi connectivity index (χ0v) is 43.5. The molecule has 0 fully saturated rings. The number of carbonyl (C=O) groups is 10. The topological polar surface area (TPSA) is 487 Å². The average molecular weight is 1100 g/mol. The molecule has 3 aromatic rings. The maximum atomic E-state index is 13.7. The van der Waals surface area contributed by atoms with Crippen molar-refractivity contribution in [1.82, 2.24) is 67.0 Å². The summed E-state index contributed by atoms with van der Waals surface area (Å²) in [4.78, 5) is 144. The van der Waals surface area contributed by atoms with Crippen molar-refractivity contribution in [1.29, 1.82) is 0 Å². The summed E-state index contributed by atoms with van der Waals surface area (Å²) in [5.41, 5.74) is 19.4. The number of anilines is 3. The number of aromatic nitrogens is 4. The summed E-state index contributed by atoms with van der Waals surface area (Å²) in [6.45, 7) is 1.48. The van der Waals surface area contributed by atoms with Crippen LogP contribution in [0.3, 0.4) is 0 Å². The van der Waals surface area contributed by atoms with Gasteiger partial charge in [0, 0.05) is 78.2 Å².